The molecule has 3 aromatic rings. The van der Waals surface area contributed by atoms with Crippen LogP contribution >= 0.6 is 23.8 Å². The SMILES string of the molecule is CCN(Cc1nc2ccccc2c(=O)[nH]1)C(=S)Nc1cccc(Cl)c1C. The Balaban J connectivity index is 1.82. The molecule has 0 amide bonds. The van der Waals surface area contributed by atoms with Crippen LogP contribution in [-0.4, -0.2) is 26.5 Å². The van der Waals surface area contributed by atoms with E-state index in [1.54, 1.807) is 6.07 Å². The lowest BCUT2D eigenvalue weighted by molar-refractivity contribution is 0.429. The molecule has 2 N–H and O–H groups in total. The van der Waals surface area contributed by atoms with Gasteiger partial charge in [0, 0.05) is 17.3 Å². The van der Waals surface area contributed by atoms with Crippen molar-refractivity contribution in [1.29, 1.82) is 0 Å². The van der Waals surface area contributed by atoms with E-state index < -0.39 is 0 Å². The number of thiocarbonyl (C=S) groups is 1. The van der Waals surface area contributed by atoms with Crippen molar-refractivity contribution in [3.8, 4) is 0 Å². The van der Waals surface area contributed by atoms with Crippen molar-refractivity contribution in [2.75, 3.05) is 11.9 Å². The molecule has 3 rings (SSSR count). The maximum absolute atomic E-state index is 12.2. The highest BCUT2D eigenvalue weighted by Gasteiger charge is 2.13. The second kappa shape index (κ2) is 7.85. The molecule has 0 atom stereocenters. The van der Waals surface area contributed by atoms with Gasteiger partial charge in [-0.1, -0.05) is 29.8 Å². The average Bonchev–Trinajstić information content (AvgIpc) is 2.63. The minimum atomic E-state index is -0.147. The van der Waals surface area contributed by atoms with Gasteiger partial charge in [-0.2, -0.15) is 0 Å². The lowest BCUT2D eigenvalue weighted by atomic mass is 10.2. The summed E-state index contributed by atoms with van der Waals surface area (Å²) in [5, 5.41) is 5.04. The number of hydrogen-bond donors (Lipinski definition) is 2. The number of rotatable bonds is 4. The molecule has 0 saturated heterocycles. The van der Waals surface area contributed by atoms with Crippen LogP contribution in [0, 0.1) is 6.92 Å². The van der Waals surface area contributed by atoms with E-state index in [1.165, 1.54) is 0 Å². The number of aromatic nitrogens is 2. The first-order valence-corrected chi connectivity index (χ1v) is 9.07. The first kappa shape index (κ1) is 18.4. The number of nitrogens with zero attached hydrogens (tertiary/aromatic N) is 2. The van der Waals surface area contributed by atoms with Gasteiger partial charge < -0.3 is 15.2 Å². The minimum absolute atomic E-state index is 0.147. The third-order valence-corrected chi connectivity index (χ3v) is 4.95. The van der Waals surface area contributed by atoms with Crippen LogP contribution in [0.1, 0.15) is 18.3 Å². The summed E-state index contributed by atoms with van der Waals surface area (Å²) < 4.78 is 0. The summed E-state index contributed by atoms with van der Waals surface area (Å²) in [6.07, 6.45) is 0. The maximum Gasteiger partial charge on any atom is 0.258 e. The normalized spacial score (nSPS) is 10.7. The standard InChI is InChI=1S/C19H19ClN4OS/c1-3-24(19(26)22-15-10-6-8-14(20)12(15)2)11-17-21-16-9-5-4-7-13(16)18(25)23-17/h4-10H,3,11H2,1-2H3,(H,22,26)(H,21,23,25). The molecule has 0 aliphatic rings. The number of hydrogen-bond acceptors (Lipinski definition) is 3. The quantitative estimate of drug-likeness (QED) is 0.661. The van der Waals surface area contributed by atoms with Gasteiger partial charge in [0.05, 0.1) is 17.4 Å². The first-order chi connectivity index (χ1) is 12.5. The molecular weight excluding hydrogens is 368 g/mol. The Morgan fingerprint density at radius 3 is 2.81 bits per heavy atom. The van der Waals surface area contributed by atoms with E-state index in [-0.39, 0.29) is 5.56 Å². The summed E-state index contributed by atoms with van der Waals surface area (Å²) in [6.45, 7) is 5.01. The van der Waals surface area contributed by atoms with Crippen LogP contribution in [0.15, 0.2) is 47.3 Å². The Bertz CT molecular complexity index is 1020. The summed E-state index contributed by atoms with van der Waals surface area (Å²) in [5.74, 6) is 0.572. The molecule has 0 bridgehead atoms. The molecule has 0 fully saturated rings. The average molecular weight is 387 g/mol. The highest BCUT2D eigenvalue weighted by atomic mass is 35.5. The third kappa shape index (κ3) is 3.86. The molecule has 0 saturated carbocycles. The summed E-state index contributed by atoms with van der Waals surface area (Å²) in [7, 11) is 0. The summed E-state index contributed by atoms with van der Waals surface area (Å²) in [5.41, 5.74) is 2.32. The predicted octanol–water partition coefficient (Wildman–Crippen LogP) is 4.10. The van der Waals surface area contributed by atoms with Gasteiger partial charge in [-0.25, -0.2) is 4.98 Å². The number of H-pyrrole nitrogens is 1. The van der Waals surface area contributed by atoms with Crippen LogP contribution in [0.5, 0.6) is 0 Å². The number of halogens is 1. The molecule has 134 valence electrons. The van der Waals surface area contributed by atoms with E-state index in [4.69, 9.17) is 23.8 Å². The number of para-hydroxylation sites is 1. The fourth-order valence-electron chi connectivity index (χ4n) is 2.65. The zero-order valence-electron chi connectivity index (χ0n) is 14.5. The molecule has 7 heteroatoms. The maximum atomic E-state index is 12.2. The van der Waals surface area contributed by atoms with Crippen molar-refractivity contribution >= 4 is 45.5 Å². The van der Waals surface area contributed by atoms with Crippen molar-refractivity contribution in [2.24, 2.45) is 0 Å². The Hall–Kier alpha value is -2.44. The van der Waals surface area contributed by atoms with E-state index >= 15 is 0 Å². The molecule has 2 aromatic carbocycles. The van der Waals surface area contributed by atoms with E-state index in [0.717, 1.165) is 11.3 Å². The van der Waals surface area contributed by atoms with Gasteiger partial charge in [0.1, 0.15) is 5.82 Å². The number of benzene rings is 2. The van der Waals surface area contributed by atoms with Crippen molar-refractivity contribution in [3.63, 3.8) is 0 Å². The summed E-state index contributed by atoms with van der Waals surface area (Å²) >= 11 is 11.7. The first-order valence-electron chi connectivity index (χ1n) is 8.28. The van der Waals surface area contributed by atoms with Crippen LogP contribution in [0.25, 0.3) is 10.9 Å². The molecule has 0 aliphatic heterocycles. The predicted molar refractivity (Wildman–Crippen MR) is 111 cm³/mol. The van der Waals surface area contributed by atoms with Crippen molar-refractivity contribution in [2.45, 2.75) is 20.4 Å². The van der Waals surface area contributed by atoms with Crippen molar-refractivity contribution in [3.05, 3.63) is 69.2 Å². The van der Waals surface area contributed by atoms with E-state index in [2.05, 4.69) is 15.3 Å². The Labute approximate surface area is 162 Å². The Morgan fingerprint density at radius 1 is 1.27 bits per heavy atom. The fraction of sp³-hybridized carbons (Fsp3) is 0.211. The lowest BCUT2D eigenvalue weighted by Crippen LogP contribution is -2.35. The molecule has 0 radical (unpaired) electrons. The summed E-state index contributed by atoms with van der Waals surface area (Å²) in [4.78, 5) is 21.5. The van der Waals surface area contributed by atoms with Gasteiger partial charge in [0.25, 0.3) is 5.56 Å². The topological polar surface area (TPSA) is 61.0 Å². The second-order valence-electron chi connectivity index (χ2n) is 5.89. The molecule has 26 heavy (non-hydrogen) atoms. The summed E-state index contributed by atoms with van der Waals surface area (Å²) in [6, 6.07) is 12.9. The van der Waals surface area contributed by atoms with Crippen LogP contribution in [0.3, 0.4) is 0 Å². The Morgan fingerprint density at radius 2 is 2.04 bits per heavy atom. The van der Waals surface area contributed by atoms with Gasteiger partial charge in [-0.3, -0.25) is 4.79 Å². The molecule has 5 nitrogen and oxygen atoms in total. The van der Waals surface area contributed by atoms with Gasteiger partial charge in [0.2, 0.25) is 0 Å². The van der Waals surface area contributed by atoms with Crippen molar-refractivity contribution in [1.82, 2.24) is 14.9 Å². The zero-order chi connectivity index (χ0) is 18.7. The monoisotopic (exact) mass is 386 g/mol. The third-order valence-electron chi connectivity index (χ3n) is 4.18. The molecule has 0 aliphatic carbocycles. The molecule has 0 unspecified atom stereocenters. The smallest absolute Gasteiger partial charge is 0.258 e. The largest absolute Gasteiger partial charge is 0.342 e. The highest BCUT2D eigenvalue weighted by molar-refractivity contribution is 7.80. The van der Waals surface area contributed by atoms with E-state index in [9.17, 15) is 4.79 Å². The number of fused-ring (bicyclic) bond motifs is 1. The number of anilines is 1. The van der Waals surface area contributed by atoms with E-state index in [1.807, 2.05) is 55.1 Å². The molecule has 1 aromatic heterocycles. The number of nitrogens with one attached hydrogen (secondary N) is 2. The van der Waals surface area contributed by atoms with Gasteiger partial charge in [-0.15, -0.1) is 0 Å². The minimum Gasteiger partial charge on any atom is -0.342 e. The zero-order valence-corrected chi connectivity index (χ0v) is 16.1. The highest BCUT2D eigenvalue weighted by Crippen LogP contribution is 2.23. The van der Waals surface area contributed by atoms with Gasteiger partial charge in [-0.05, 0) is 55.9 Å². The molecule has 1 heterocycles. The van der Waals surface area contributed by atoms with Crippen molar-refractivity contribution < 1.29 is 0 Å². The lowest BCUT2D eigenvalue weighted by Gasteiger charge is -2.24. The Kier molecular flexibility index (Phi) is 5.54. The van der Waals surface area contributed by atoms with Gasteiger partial charge in [0.15, 0.2) is 5.11 Å². The molecular formula is C19H19ClN4OS. The number of aromatic amines is 1. The van der Waals surface area contributed by atoms with Crippen LogP contribution in [-0.2, 0) is 6.54 Å². The van der Waals surface area contributed by atoms with Crippen LogP contribution < -0.4 is 10.9 Å². The van der Waals surface area contributed by atoms with Gasteiger partial charge >= 0.3 is 0 Å². The van der Waals surface area contributed by atoms with E-state index in [0.29, 0.717) is 40.0 Å². The second-order valence-corrected chi connectivity index (χ2v) is 6.68. The van der Waals surface area contributed by atoms with Crippen LogP contribution in [0.2, 0.25) is 5.02 Å². The fourth-order valence-corrected chi connectivity index (χ4v) is 3.13. The molecule has 0 spiro atoms. The van der Waals surface area contributed by atoms with Crippen LogP contribution in [0.4, 0.5) is 5.69 Å².